The van der Waals surface area contributed by atoms with Crippen LogP contribution in [0.5, 0.6) is 0 Å². The van der Waals surface area contributed by atoms with Gasteiger partial charge in [-0.25, -0.2) is 4.63 Å². The van der Waals surface area contributed by atoms with Crippen LogP contribution in [-0.2, 0) is 6.54 Å². The SMILES string of the molecule is CCSc1cc(N)cc2c1ccn2Cc1nonc1C. The third-order valence-electron chi connectivity index (χ3n) is 3.24. The Morgan fingerprint density at radius 2 is 2.20 bits per heavy atom. The Morgan fingerprint density at radius 3 is 2.90 bits per heavy atom. The number of rotatable bonds is 4. The number of benzene rings is 1. The van der Waals surface area contributed by atoms with Crippen LogP contribution in [0.1, 0.15) is 18.3 Å². The highest BCUT2D eigenvalue weighted by atomic mass is 32.2. The van der Waals surface area contributed by atoms with E-state index < -0.39 is 0 Å². The Labute approximate surface area is 121 Å². The smallest absolute Gasteiger partial charge is 0.127 e. The van der Waals surface area contributed by atoms with Crippen LogP contribution in [0, 0.1) is 6.92 Å². The van der Waals surface area contributed by atoms with Gasteiger partial charge in [0.1, 0.15) is 11.4 Å². The molecule has 0 aliphatic heterocycles. The summed E-state index contributed by atoms with van der Waals surface area (Å²) >= 11 is 1.80. The number of anilines is 1. The van der Waals surface area contributed by atoms with Gasteiger partial charge in [0.15, 0.2) is 0 Å². The number of hydrogen-bond donors (Lipinski definition) is 1. The van der Waals surface area contributed by atoms with E-state index >= 15 is 0 Å². The number of fused-ring (bicyclic) bond motifs is 1. The zero-order chi connectivity index (χ0) is 14.1. The lowest BCUT2D eigenvalue weighted by Gasteiger charge is -2.07. The molecule has 0 saturated heterocycles. The Kier molecular flexibility index (Phi) is 3.40. The van der Waals surface area contributed by atoms with Crippen LogP contribution < -0.4 is 5.73 Å². The van der Waals surface area contributed by atoms with Crippen LogP contribution in [0.4, 0.5) is 5.69 Å². The second-order valence-electron chi connectivity index (χ2n) is 4.62. The number of aryl methyl sites for hydroxylation is 1. The summed E-state index contributed by atoms with van der Waals surface area (Å²) in [6.07, 6.45) is 2.05. The van der Waals surface area contributed by atoms with Crippen molar-refractivity contribution in [2.75, 3.05) is 11.5 Å². The summed E-state index contributed by atoms with van der Waals surface area (Å²) in [4.78, 5) is 1.22. The highest BCUT2D eigenvalue weighted by molar-refractivity contribution is 7.99. The summed E-state index contributed by atoms with van der Waals surface area (Å²) in [6, 6.07) is 6.15. The number of thioether (sulfide) groups is 1. The van der Waals surface area contributed by atoms with E-state index in [4.69, 9.17) is 10.4 Å². The molecule has 0 saturated carbocycles. The number of hydrogen-bond acceptors (Lipinski definition) is 5. The first-order chi connectivity index (χ1) is 9.69. The van der Waals surface area contributed by atoms with Crippen molar-refractivity contribution < 1.29 is 4.63 Å². The molecule has 0 radical (unpaired) electrons. The lowest BCUT2D eigenvalue weighted by atomic mass is 10.2. The minimum atomic E-state index is 0.637. The van der Waals surface area contributed by atoms with Crippen LogP contribution in [0.25, 0.3) is 10.9 Å². The molecule has 0 unspecified atom stereocenters. The molecule has 0 bridgehead atoms. The van der Waals surface area contributed by atoms with Gasteiger partial charge in [0.05, 0.1) is 12.1 Å². The van der Waals surface area contributed by atoms with Gasteiger partial charge >= 0.3 is 0 Å². The zero-order valence-corrected chi connectivity index (χ0v) is 12.3. The third kappa shape index (κ3) is 2.27. The lowest BCUT2D eigenvalue weighted by Crippen LogP contribution is -2.00. The summed E-state index contributed by atoms with van der Waals surface area (Å²) in [5, 5.41) is 8.97. The van der Waals surface area contributed by atoms with Crippen molar-refractivity contribution in [3.05, 3.63) is 35.8 Å². The first-order valence-electron chi connectivity index (χ1n) is 6.48. The van der Waals surface area contributed by atoms with E-state index in [0.717, 1.165) is 28.3 Å². The average Bonchev–Trinajstić information content (AvgIpc) is 2.99. The van der Waals surface area contributed by atoms with Crippen LogP contribution in [-0.4, -0.2) is 20.6 Å². The summed E-state index contributed by atoms with van der Waals surface area (Å²) in [6.45, 7) is 4.67. The molecular weight excluding hydrogens is 272 g/mol. The van der Waals surface area contributed by atoms with Gasteiger partial charge in [-0.15, -0.1) is 11.8 Å². The maximum atomic E-state index is 6.01. The highest BCUT2D eigenvalue weighted by Crippen LogP contribution is 2.31. The van der Waals surface area contributed by atoms with E-state index in [2.05, 4.69) is 34.1 Å². The molecule has 3 rings (SSSR count). The van der Waals surface area contributed by atoms with Gasteiger partial charge in [0.25, 0.3) is 0 Å². The first-order valence-corrected chi connectivity index (χ1v) is 7.46. The average molecular weight is 288 g/mol. The minimum Gasteiger partial charge on any atom is -0.399 e. The van der Waals surface area contributed by atoms with Gasteiger partial charge in [0, 0.05) is 22.2 Å². The number of aromatic nitrogens is 3. The van der Waals surface area contributed by atoms with Gasteiger partial charge < -0.3 is 10.3 Å². The quantitative estimate of drug-likeness (QED) is 0.590. The molecule has 0 atom stereocenters. The molecule has 0 amide bonds. The first kappa shape index (κ1) is 13.1. The van der Waals surface area contributed by atoms with E-state index in [1.165, 1.54) is 10.3 Å². The molecule has 2 aromatic heterocycles. The second kappa shape index (κ2) is 5.20. The Balaban J connectivity index is 2.06. The van der Waals surface area contributed by atoms with Gasteiger partial charge in [-0.3, -0.25) is 0 Å². The third-order valence-corrected chi connectivity index (χ3v) is 4.18. The van der Waals surface area contributed by atoms with E-state index in [9.17, 15) is 0 Å². The Bertz CT molecular complexity index is 747. The fraction of sp³-hybridized carbons (Fsp3) is 0.286. The van der Waals surface area contributed by atoms with Gasteiger partial charge in [0.2, 0.25) is 0 Å². The lowest BCUT2D eigenvalue weighted by molar-refractivity contribution is 0.300. The van der Waals surface area contributed by atoms with Crippen molar-refractivity contribution in [1.29, 1.82) is 0 Å². The van der Waals surface area contributed by atoms with Gasteiger partial charge in [-0.05, 0) is 30.9 Å². The van der Waals surface area contributed by atoms with Gasteiger partial charge in [-0.1, -0.05) is 17.2 Å². The molecule has 2 heterocycles. The van der Waals surface area contributed by atoms with Crippen molar-refractivity contribution in [1.82, 2.24) is 14.9 Å². The van der Waals surface area contributed by atoms with E-state index in [1.54, 1.807) is 11.8 Å². The fourth-order valence-electron chi connectivity index (χ4n) is 2.25. The Hall–Kier alpha value is -1.95. The molecule has 0 aliphatic rings. The van der Waals surface area contributed by atoms with Crippen LogP contribution >= 0.6 is 11.8 Å². The molecular formula is C14H16N4OS. The van der Waals surface area contributed by atoms with Crippen LogP contribution in [0.2, 0.25) is 0 Å². The molecule has 0 spiro atoms. The summed E-state index contributed by atoms with van der Waals surface area (Å²) in [5.74, 6) is 1.02. The molecule has 0 aliphatic carbocycles. The number of nitrogen functional groups attached to an aromatic ring is 1. The monoisotopic (exact) mass is 288 g/mol. The van der Waals surface area contributed by atoms with Crippen molar-refractivity contribution in [3.63, 3.8) is 0 Å². The predicted octanol–water partition coefficient (Wildman–Crippen LogP) is 3.08. The minimum absolute atomic E-state index is 0.637. The maximum Gasteiger partial charge on any atom is 0.127 e. The fourth-order valence-corrected chi connectivity index (χ4v) is 3.11. The maximum absolute atomic E-state index is 6.01. The number of nitrogens with zero attached hydrogens (tertiary/aromatic N) is 3. The van der Waals surface area contributed by atoms with Crippen molar-refractivity contribution in [3.8, 4) is 0 Å². The van der Waals surface area contributed by atoms with E-state index in [0.29, 0.717) is 6.54 Å². The molecule has 20 heavy (non-hydrogen) atoms. The number of nitrogens with two attached hydrogens (primary N) is 1. The second-order valence-corrected chi connectivity index (χ2v) is 5.93. The summed E-state index contributed by atoms with van der Waals surface area (Å²) in [7, 11) is 0. The van der Waals surface area contributed by atoms with Crippen molar-refractivity contribution in [2.45, 2.75) is 25.3 Å². The molecule has 6 heteroatoms. The highest BCUT2D eigenvalue weighted by Gasteiger charge is 2.11. The zero-order valence-electron chi connectivity index (χ0n) is 11.5. The Morgan fingerprint density at radius 1 is 1.35 bits per heavy atom. The topological polar surface area (TPSA) is 69.9 Å². The molecule has 1 aromatic carbocycles. The molecule has 104 valence electrons. The summed E-state index contributed by atoms with van der Waals surface area (Å²) < 4.78 is 6.87. The summed E-state index contributed by atoms with van der Waals surface area (Å²) in [5.41, 5.74) is 9.57. The van der Waals surface area contributed by atoms with Crippen molar-refractivity contribution >= 4 is 28.4 Å². The molecule has 5 nitrogen and oxygen atoms in total. The standard InChI is InChI=1S/C14H16N4OS/c1-3-20-14-7-10(15)6-13-11(14)4-5-18(13)8-12-9(2)16-19-17-12/h4-7H,3,8,15H2,1-2H3. The largest absolute Gasteiger partial charge is 0.399 e. The van der Waals surface area contributed by atoms with Crippen LogP contribution in [0.3, 0.4) is 0 Å². The van der Waals surface area contributed by atoms with Crippen LogP contribution in [0.15, 0.2) is 33.9 Å². The molecule has 2 N–H and O–H groups in total. The van der Waals surface area contributed by atoms with E-state index in [1.807, 2.05) is 19.1 Å². The molecule has 0 fully saturated rings. The predicted molar refractivity (Wildman–Crippen MR) is 80.9 cm³/mol. The molecule has 3 aromatic rings. The van der Waals surface area contributed by atoms with E-state index in [-0.39, 0.29) is 0 Å². The normalized spacial score (nSPS) is 11.3. The van der Waals surface area contributed by atoms with Gasteiger partial charge in [-0.2, -0.15) is 0 Å². The van der Waals surface area contributed by atoms with Crippen molar-refractivity contribution in [2.24, 2.45) is 0 Å².